The van der Waals surface area contributed by atoms with Gasteiger partial charge in [-0.3, -0.25) is 0 Å². The Morgan fingerprint density at radius 1 is 1.35 bits per heavy atom. The van der Waals surface area contributed by atoms with Gasteiger partial charge in [0.05, 0.1) is 25.1 Å². The van der Waals surface area contributed by atoms with Crippen molar-refractivity contribution in [3.63, 3.8) is 0 Å². The minimum atomic E-state index is -0.583. The maximum atomic E-state index is 8.82. The van der Waals surface area contributed by atoms with Crippen molar-refractivity contribution in [1.29, 1.82) is 0 Å². The molecule has 2 aliphatic heterocycles. The van der Waals surface area contributed by atoms with Crippen molar-refractivity contribution < 1.29 is 18.9 Å². The Morgan fingerprint density at radius 2 is 2.13 bits per heavy atom. The highest BCUT2D eigenvalue weighted by Crippen LogP contribution is 2.38. The third kappa shape index (κ3) is 3.50. The predicted molar refractivity (Wildman–Crippen MR) is 86.4 cm³/mol. The van der Waals surface area contributed by atoms with Crippen LogP contribution in [0, 0.1) is 5.92 Å². The number of ether oxygens (including phenoxy) is 4. The molecule has 8 heteroatoms. The zero-order valence-electron chi connectivity index (χ0n) is 12.8. The van der Waals surface area contributed by atoms with E-state index in [0.717, 1.165) is 5.56 Å². The molecule has 2 heterocycles. The van der Waals surface area contributed by atoms with E-state index in [0.29, 0.717) is 13.0 Å². The molecule has 7 atom stereocenters. The molecule has 0 radical (unpaired) electrons. The average molecular weight is 337 g/mol. The van der Waals surface area contributed by atoms with Gasteiger partial charge in [0.2, 0.25) is 0 Å². The summed E-state index contributed by atoms with van der Waals surface area (Å²) in [6, 6.07) is 9.33. The Bertz CT molecular complexity index is 569. The molecular weight excluding hydrogens is 317 g/mol. The number of benzene rings is 1. The van der Waals surface area contributed by atoms with Gasteiger partial charge in [-0.05, 0) is 11.4 Å². The molecule has 4 unspecified atom stereocenters. The van der Waals surface area contributed by atoms with Gasteiger partial charge in [0.1, 0.15) is 6.10 Å². The molecule has 2 saturated heterocycles. The van der Waals surface area contributed by atoms with Crippen LogP contribution in [-0.2, 0) is 18.9 Å². The molecule has 2 aliphatic rings. The fourth-order valence-corrected chi connectivity index (χ4v) is 3.25. The zero-order chi connectivity index (χ0) is 16.2. The lowest BCUT2D eigenvalue weighted by molar-refractivity contribution is -0.330. The topological polar surface area (TPSA) is 85.7 Å². The first kappa shape index (κ1) is 16.7. The van der Waals surface area contributed by atoms with Gasteiger partial charge < -0.3 is 18.9 Å². The van der Waals surface area contributed by atoms with E-state index in [2.05, 4.69) is 19.3 Å². The highest BCUT2D eigenvalue weighted by atomic mass is 31.0. The molecule has 2 fully saturated rings. The van der Waals surface area contributed by atoms with E-state index >= 15 is 0 Å². The van der Waals surface area contributed by atoms with Crippen LogP contribution in [0.5, 0.6) is 0 Å². The second kappa shape index (κ2) is 7.58. The zero-order valence-corrected chi connectivity index (χ0v) is 14.0. The number of fused-ring (bicyclic) bond motifs is 1. The quantitative estimate of drug-likeness (QED) is 0.366. The molecule has 7 nitrogen and oxygen atoms in total. The molecule has 0 aliphatic carbocycles. The summed E-state index contributed by atoms with van der Waals surface area (Å²) in [5, 5.41) is 3.85. The SMILES string of the molecule is C[C@@H]1C(N=[N+]=[N-])[C@@H](OCP)OC2COC(c3ccccc3)O[C@H]21. The van der Waals surface area contributed by atoms with Gasteiger partial charge in [-0.2, -0.15) is 0 Å². The minimum absolute atomic E-state index is 0.0405. The molecule has 0 bridgehead atoms. The van der Waals surface area contributed by atoms with Crippen LogP contribution in [0.15, 0.2) is 35.4 Å². The smallest absolute Gasteiger partial charge is 0.184 e. The van der Waals surface area contributed by atoms with Gasteiger partial charge >= 0.3 is 0 Å². The van der Waals surface area contributed by atoms with Crippen molar-refractivity contribution in [2.45, 2.75) is 37.8 Å². The largest absolute Gasteiger partial charge is 0.348 e. The first-order valence-corrected chi connectivity index (χ1v) is 8.39. The summed E-state index contributed by atoms with van der Waals surface area (Å²) in [5.41, 5.74) is 9.78. The van der Waals surface area contributed by atoms with E-state index in [4.69, 9.17) is 24.5 Å². The lowest BCUT2D eigenvalue weighted by Crippen LogP contribution is -2.57. The summed E-state index contributed by atoms with van der Waals surface area (Å²) in [6.45, 7) is 2.40. The van der Waals surface area contributed by atoms with E-state index in [1.807, 2.05) is 37.3 Å². The van der Waals surface area contributed by atoms with Crippen LogP contribution in [0.3, 0.4) is 0 Å². The molecule has 23 heavy (non-hydrogen) atoms. The van der Waals surface area contributed by atoms with Crippen LogP contribution in [0.25, 0.3) is 10.4 Å². The fourth-order valence-electron chi connectivity index (χ4n) is 3.06. The molecule has 3 rings (SSSR count). The van der Waals surface area contributed by atoms with E-state index in [1.54, 1.807) is 0 Å². The lowest BCUT2D eigenvalue weighted by Gasteiger charge is -2.47. The third-order valence-electron chi connectivity index (χ3n) is 4.22. The summed E-state index contributed by atoms with van der Waals surface area (Å²) in [6.07, 6.45) is -1.07. The highest BCUT2D eigenvalue weighted by Gasteiger charge is 2.48. The maximum absolute atomic E-state index is 8.82. The fraction of sp³-hybridized carbons (Fsp3) is 0.600. The van der Waals surface area contributed by atoms with Gasteiger partial charge in [0.25, 0.3) is 0 Å². The van der Waals surface area contributed by atoms with Crippen LogP contribution in [-0.4, -0.2) is 37.5 Å². The first-order valence-electron chi connectivity index (χ1n) is 7.58. The number of rotatable bonds is 4. The van der Waals surface area contributed by atoms with Crippen molar-refractivity contribution in [2.24, 2.45) is 11.0 Å². The molecular formula is C15H20N3O4P. The summed E-state index contributed by atoms with van der Waals surface area (Å²) in [5.74, 6) is -0.0405. The van der Waals surface area contributed by atoms with Crippen LogP contribution in [0.2, 0.25) is 0 Å². The third-order valence-corrected chi connectivity index (χ3v) is 4.41. The van der Waals surface area contributed by atoms with Gasteiger partial charge in [-0.1, -0.05) is 42.4 Å². The number of nitrogens with zero attached hydrogens (tertiary/aromatic N) is 3. The summed E-state index contributed by atoms with van der Waals surface area (Å²) < 4.78 is 23.3. The summed E-state index contributed by atoms with van der Waals surface area (Å²) in [7, 11) is 2.47. The van der Waals surface area contributed by atoms with Gasteiger partial charge in [0, 0.05) is 10.5 Å². The number of azide groups is 1. The van der Waals surface area contributed by atoms with Crippen molar-refractivity contribution in [2.75, 3.05) is 13.0 Å². The van der Waals surface area contributed by atoms with Crippen LogP contribution >= 0.6 is 9.24 Å². The number of hydrogen-bond donors (Lipinski definition) is 0. The summed E-state index contributed by atoms with van der Waals surface area (Å²) in [4.78, 5) is 2.93. The van der Waals surface area contributed by atoms with Crippen molar-refractivity contribution in [3.8, 4) is 0 Å². The molecule has 0 spiro atoms. The van der Waals surface area contributed by atoms with Gasteiger partial charge in [-0.25, -0.2) is 0 Å². The maximum Gasteiger partial charge on any atom is 0.184 e. The van der Waals surface area contributed by atoms with E-state index < -0.39 is 18.6 Å². The van der Waals surface area contributed by atoms with Gasteiger partial charge in [-0.15, -0.1) is 9.24 Å². The molecule has 0 N–H and O–H groups in total. The standard InChI is InChI=1S/C15H20N3O4P/c1-9-12(17-18-16)15(20-8-23)21-11-7-19-14(22-13(9)11)10-5-3-2-4-6-10/h2-6,9,11-15H,7-8,23H2,1H3/t9-,11?,12?,13+,14?,15+/m1/s1. The predicted octanol–water partition coefficient (Wildman–Crippen LogP) is 2.99. The van der Waals surface area contributed by atoms with Crippen molar-refractivity contribution in [1.82, 2.24) is 0 Å². The van der Waals surface area contributed by atoms with E-state index in [9.17, 15) is 0 Å². The second-order valence-corrected chi connectivity index (χ2v) is 5.94. The van der Waals surface area contributed by atoms with E-state index in [-0.39, 0.29) is 18.1 Å². The molecule has 1 aromatic rings. The Kier molecular flexibility index (Phi) is 5.49. The monoisotopic (exact) mass is 337 g/mol. The van der Waals surface area contributed by atoms with Crippen LogP contribution in [0.4, 0.5) is 0 Å². The second-order valence-electron chi connectivity index (χ2n) is 5.61. The highest BCUT2D eigenvalue weighted by molar-refractivity contribution is 7.16. The average Bonchev–Trinajstić information content (AvgIpc) is 2.59. The van der Waals surface area contributed by atoms with E-state index in [1.165, 1.54) is 0 Å². The first-order chi connectivity index (χ1) is 11.2. The van der Waals surface area contributed by atoms with Crippen molar-refractivity contribution >= 4 is 9.24 Å². The normalized spacial score (nSPS) is 36.8. The summed E-state index contributed by atoms with van der Waals surface area (Å²) >= 11 is 0. The Labute approximate surface area is 137 Å². The Balaban J connectivity index is 1.77. The molecule has 1 aromatic carbocycles. The Hall–Kier alpha value is -1.20. The van der Waals surface area contributed by atoms with Crippen LogP contribution in [0.1, 0.15) is 18.8 Å². The minimum Gasteiger partial charge on any atom is -0.348 e. The van der Waals surface area contributed by atoms with Gasteiger partial charge in [0.15, 0.2) is 12.6 Å². The molecule has 0 amide bonds. The lowest BCUT2D eigenvalue weighted by atomic mass is 9.88. The molecule has 0 saturated carbocycles. The number of hydrogen-bond acceptors (Lipinski definition) is 5. The Morgan fingerprint density at radius 3 is 2.83 bits per heavy atom. The van der Waals surface area contributed by atoms with Crippen LogP contribution < -0.4 is 0 Å². The molecule has 124 valence electrons. The molecule has 0 aromatic heterocycles. The van der Waals surface area contributed by atoms with Crippen molar-refractivity contribution in [3.05, 3.63) is 46.3 Å².